The van der Waals surface area contributed by atoms with E-state index in [1.807, 2.05) is 0 Å². The SMILES string of the molecule is Br.C#CCCCC. The Kier molecular flexibility index (Phi) is 13.6. The summed E-state index contributed by atoms with van der Waals surface area (Å²) < 4.78 is 0. The van der Waals surface area contributed by atoms with Crippen molar-refractivity contribution in [3.05, 3.63) is 0 Å². The van der Waals surface area contributed by atoms with Gasteiger partial charge in [0.15, 0.2) is 0 Å². The molecular weight excluding hydrogens is 152 g/mol. The lowest BCUT2D eigenvalue weighted by atomic mass is 10.3. The highest BCUT2D eigenvalue weighted by molar-refractivity contribution is 8.93. The number of halogens is 1. The maximum absolute atomic E-state index is 4.96. The molecule has 1 heteroatoms. The van der Waals surface area contributed by atoms with Gasteiger partial charge in [0.2, 0.25) is 0 Å². The molecule has 0 aromatic rings. The molecule has 0 saturated heterocycles. The van der Waals surface area contributed by atoms with Crippen LogP contribution < -0.4 is 0 Å². The second-order valence-corrected chi connectivity index (χ2v) is 1.31. The van der Waals surface area contributed by atoms with Gasteiger partial charge in [0.05, 0.1) is 0 Å². The van der Waals surface area contributed by atoms with Gasteiger partial charge in [-0.3, -0.25) is 0 Å². The second kappa shape index (κ2) is 9.40. The monoisotopic (exact) mass is 162 g/mol. The van der Waals surface area contributed by atoms with Gasteiger partial charge in [0.1, 0.15) is 0 Å². The number of rotatable bonds is 2. The molecule has 0 atom stereocenters. The maximum atomic E-state index is 4.96. The van der Waals surface area contributed by atoms with Crippen LogP contribution in [0, 0.1) is 12.3 Å². The van der Waals surface area contributed by atoms with Crippen LogP contribution in [0.1, 0.15) is 26.2 Å². The van der Waals surface area contributed by atoms with Crippen molar-refractivity contribution < 1.29 is 0 Å². The summed E-state index contributed by atoms with van der Waals surface area (Å²) in [5.41, 5.74) is 0. The van der Waals surface area contributed by atoms with Gasteiger partial charge in [-0.1, -0.05) is 13.3 Å². The Balaban J connectivity index is 0. The third-order valence-electron chi connectivity index (χ3n) is 0.675. The van der Waals surface area contributed by atoms with Gasteiger partial charge in [0.25, 0.3) is 0 Å². The van der Waals surface area contributed by atoms with Crippen molar-refractivity contribution in [2.75, 3.05) is 0 Å². The molecule has 0 fully saturated rings. The summed E-state index contributed by atoms with van der Waals surface area (Å²) in [5.74, 6) is 2.57. The fourth-order valence-corrected chi connectivity index (χ4v) is 0.279. The molecule has 0 unspecified atom stereocenters. The number of unbranched alkanes of at least 4 members (excludes halogenated alkanes) is 2. The van der Waals surface area contributed by atoms with E-state index in [1.165, 1.54) is 12.8 Å². The smallest absolute Gasteiger partial charge is 0.00859 e. The molecule has 0 aromatic carbocycles. The highest BCUT2D eigenvalue weighted by atomic mass is 79.9. The molecule has 0 aliphatic carbocycles. The van der Waals surface area contributed by atoms with Crippen LogP contribution in [0.4, 0.5) is 0 Å². The van der Waals surface area contributed by atoms with Gasteiger partial charge in [-0.05, 0) is 6.42 Å². The van der Waals surface area contributed by atoms with E-state index in [9.17, 15) is 0 Å². The molecule has 0 N–H and O–H groups in total. The van der Waals surface area contributed by atoms with Gasteiger partial charge >= 0.3 is 0 Å². The lowest BCUT2D eigenvalue weighted by Gasteiger charge is -1.79. The van der Waals surface area contributed by atoms with Gasteiger partial charge in [-0.2, -0.15) is 0 Å². The zero-order valence-electron chi connectivity index (χ0n) is 4.61. The van der Waals surface area contributed by atoms with Crippen LogP contribution in [0.2, 0.25) is 0 Å². The normalized spacial score (nSPS) is 6.29. The fourth-order valence-electron chi connectivity index (χ4n) is 0.279. The quantitative estimate of drug-likeness (QED) is 0.433. The molecule has 0 radical (unpaired) electrons. The average Bonchev–Trinajstić information content (AvgIpc) is 1.61. The second-order valence-electron chi connectivity index (χ2n) is 1.31. The van der Waals surface area contributed by atoms with E-state index in [0.29, 0.717) is 0 Å². The zero-order valence-corrected chi connectivity index (χ0v) is 6.32. The van der Waals surface area contributed by atoms with Crippen molar-refractivity contribution >= 4 is 17.0 Å². The minimum absolute atomic E-state index is 0. The van der Waals surface area contributed by atoms with Crippen molar-refractivity contribution in [2.24, 2.45) is 0 Å². The zero-order chi connectivity index (χ0) is 4.83. The Morgan fingerprint density at radius 1 is 1.57 bits per heavy atom. The lowest BCUT2D eigenvalue weighted by molar-refractivity contribution is 0.828. The Hall–Kier alpha value is 0.0400. The summed E-state index contributed by atoms with van der Waals surface area (Å²) in [6.07, 6.45) is 8.30. The van der Waals surface area contributed by atoms with Crippen molar-refractivity contribution in [3.8, 4) is 12.3 Å². The molecule has 42 valence electrons. The summed E-state index contributed by atoms with van der Waals surface area (Å²) in [5, 5.41) is 0. The van der Waals surface area contributed by atoms with E-state index in [1.54, 1.807) is 0 Å². The minimum atomic E-state index is 0. The summed E-state index contributed by atoms with van der Waals surface area (Å²) in [6, 6.07) is 0. The average molecular weight is 163 g/mol. The number of hydrogen-bond donors (Lipinski definition) is 0. The summed E-state index contributed by atoms with van der Waals surface area (Å²) in [4.78, 5) is 0. The first-order chi connectivity index (χ1) is 2.91. The molecule has 0 spiro atoms. The number of hydrogen-bond acceptors (Lipinski definition) is 0. The van der Waals surface area contributed by atoms with Crippen LogP contribution in [0.5, 0.6) is 0 Å². The van der Waals surface area contributed by atoms with E-state index in [0.717, 1.165) is 6.42 Å². The molecule has 0 rings (SSSR count). The van der Waals surface area contributed by atoms with Crippen molar-refractivity contribution in [2.45, 2.75) is 26.2 Å². The van der Waals surface area contributed by atoms with Crippen LogP contribution in [-0.4, -0.2) is 0 Å². The van der Waals surface area contributed by atoms with E-state index in [2.05, 4.69) is 12.8 Å². The van der Waals surface area contributed by atoms with E-state index in [4.69, 9.17) is 6.42 Å². The maximum Gasteiger partial charge on any atom is 0.00859 e. The standard InChI is InChI=1S/C6H10.BrH/c1-3-5-6-4-2;/h1H,4-6H2,2H3;1H. The van der Waals surface area contributed by atoms with Crippen LogP contribution in [0.15, 0.2) is 0 Å². The Morgan fingerprint density at radius 2 is 2.14 bits per heavy atom. The first-order valence-corrected chi connectivity index (χ1v) is 2.35. The molecule has 0 saturated carbocycles. The van der Waals surface area contributed by atoms with Crippen molar-refractivity contribution in [3.63, 3.8) is 0 Å². The van der Waals surface area contributed by atoms with Gasteiger partial charge < -0.3 is 0 Å². The van der Waals surface area contributed by atoms with Gasteiger partial charge in [-0.25, -0.2) is 0 Å². The molecule has 0 aromatic heterocycles. The number of terminal acetylenes is 1. The molecule has 0 amide bonds. The predicted octanol–water partition coefficient (Wildman–Crippen LogP) is 2.39. The predicted molar refractivity (Wildman–Crippen MR) is 38.7 cm³/mol. The molecule has 0 heterocycles. The molecule has 0 bridgehead atoms. The van der Waals surface area contributed by atoms with Crippen LogP contribution in [0.25, 0.3) is 0 Å². The Labute approximate surface area is 56.1 Å². The largest absolute Gasteiger partial charge is 0.120 e. The fraction of sp³-hybridized carbons (Fsp3) is 0.667. The molecule has 0 aliphatic rings. The third-order valence-corrected chi connectivity index (χ3v) is 0.675. The van der Waals surface area contributed by atoms with E-state index >= 15 is 0 Å². The first-order valence-electron chi connectivity index (χ1n) is 2.35. The molecule has 0 aliphatic heterocycles. The lowest BCUT2D eigenvalue weighted by Crippen LogP contribution is -1.62. The van der Waals surface area contributed by atoms with Crippen LogP contribution in [-0.2, 0) is 0 Å². The van der Waals surface area contributed by atoms with E-state index in [-0.39, 0.29) is 17.0 Å². The van der Waals surface area contributed by atoms with Gasteiger partial charge in [0, 0.05) is 6.42 Å². The van der Waals surface area contributed by atoms with Crippen LogP contribution in [0.3, 0.4) is 0 Å². The Bertz CT molecular complexity index is 51.7. The minimum Gasteiger partial charge on any atom is -0.120 e. The molecule has 0 nitrogen and oxygen atoms in total. The van der Waals surface area contributed by atoms with Gasteiger partial charge in [-0.15, -0.1) is 29.3 Å². The Morgan fingerprint density at radius 3 is 2.29 bits per heavy atom. The van der Waals surface area contributed by atoms with Crippen LogP contribution >= 0.6 is 17.0 Å². The highest BCUT2D eigenvalue weighted by Gasteiger charge is 1.71. The molecule has 7 heavy (non-hydrogen) atoms. The summed E-state index contributed by atoms with van der Waals surface area (Å²) in [6.45, 7) is 2.14. The summed E-state index contributed by atoms with van der Waals surface area (Å²) in [7, 11) is 0. The van der Waals surface area contributed by atoms with Crippen molar-refractivity contribution in [1.82, 2.24) is 0 Å². The van der Waals surface area contributed by atoms with E-state index < -0.39 is 0 Å². The highest BCUT2D eigenvalue weighted by Crippen LogP contribution is 1.88. The topological polar surface area (TPSA) is 0 Å². The van der Waals surface area contributed by atoms with Crippen molar-refractivity contribution in [1.29, 1.82) is 0 Å². The molecular formula is C6H11Br. The first kappa shape index (κ1) is 10.1. The third kappa shape index (κ3) is 10.7. The summed E-state index contributed by atoms with van der Waals surface area (Å²) >= 11 is 0.